The highest BCUT2D eigenvalue weighted by atomic mass is 16.1. The number of hydrogen-bond donors (Lipinski definition) is 1. The third kappa shape index (κ3) is 2.58. The van der Waals surface area contributed by atoms with Gasteiger partial charge in [0.2, 0.25) is 5.91 Å². The van der Waals surface area contributed by atoms with Gasteiger partial charge in [-0.25, -0.2) is 0 Å². The zero-order valence-corrected chi connectivity index (χ0v) is 10.1. The molecule has 4 heteroatoms. The predicted octanol–water partition coefficient (Wildman–Crippen LogP) is 1.24. The lowest BCUT2D eigenvalue weighted by molar-refractivity contribution is -0.121. The Morgan fingerprint density at radius 3 is 2.53 bits per heavy atom. The van der Waals surface area contributed by atoms with Crippen molar-refractivity contribution in [1.29, 1.82) is 0 Å². The highest BCUT2D eigenvalue weighted by molar-refractivity contribution is 5.75. The van der Waals surface area contributed by atoms with E-state index in [1.807, 2.05) is 13.1 Å². The molecular formula is C11H19N3O. The Balaban J connectivity index is 2.95. The molecule has 0 fully saturated rings. The first-order chi connectivity index (χ1) is 6.86. The molecule has 0 aliphatic carbocycles. The number of hydrogen-bond acceptors (Lipinski definition) is 2. The van der Waals surface area contributed by atoms with Gasteiger partial charge >= 0.3 is 0 Å². The quantitative estimate of drug-likeness (QED) is 0.796. The zero-order valence-electron chi connectivity index (χ0n) is 10.1. The van der Waals surface area contributed by atoms with Crippen LogP contribution in [0.15, 0.2) is 6.20 Å². The van der Waals surface area contributed by atoms with Crippen LogP contribution >= 0.6 is 0 Å². The molecule has 0 unspecified atom stereocenters. The van der Waals surface area contributed by atoms with E-state index in [1.165, 1.54) is 5.56 Å². The third-order valence-corrected chi connectivity index (χ3v) is 2.48. The second-order valence-electron chi connectivity index (χ2n) is 4.72. The summed E-state index contributed by atoms with van der Waals surface area (Å²) in [5, 5.41) is 6.81. The minimum absolute atomic E-state index is 0.0262. The molecule has 0 aromatic carbocycles. The lowest BCUT2D eigenvalue weighted by Gasteiger charge is -2.17. The van der Waals surface area contributed by atoms with Crippen LogP contribution in [0.3, 0.4) is 0 Å². The van der Waals surface area contributed by atoms with Crippen molar-refractivity contribution < 1.29 is 4.79 Å². The molecule has 0 saturated carbocycles. The molecule has 0 aliphatic rings. The lowest BCUT2D eigenvalue weighted by Crippen LogP contribution is -2.25. The number of nitrogens with zero attached hydrogens (tertiary/aromatic N) is 2. The summed E-state index contributed by atoms with van der Waals surface area (Å²) < 4.78 is 1.74. The van der Waals surface area contributed by atoms with Gasteiger partial charge in [0.05, 0.1) is 6.20 Å². The number of likely N-dealkylation sites (N-methyl/N-ethyl adjacent to an activating group) is 1. The Kier molecular flexibility index (Phi) is 3.17. The largest absolute Gasteiger partial charge is 0.358 e. The summed E-state index contributed by atoms with van der Waals surface area (Å²) in [5.41, 5.74) is 2.32. The first-order valence-electron chi connectivity index (χ1n) is 5.09. The third-order valence-electron chi connectivity index (χ3n) is 2.48. The number of rotatable bonds is 2. The molecule has 1 heterocycles. The fourth-order valence-electron chi connectivity index (χ4n) is 1.56. The first-order valence-corrected chi connectivity index (χ1v) is 5.09. The van der Waals surface area contributed by atoms with Crippen molar-refractivity contribution >= 4 is 5.91 Å². The fraction of sp³-hybridized carbons (Fsp3) is 0.636. The van der Waals surface area contributed by atoms with Crippen molar-refractivity contribution in [2.45, 2.75) is 39.7 Å². The van der Waals surface area contributed by atoms with Crippen molar-refractivity contribution in [1.82, 2.24) is 15.1 Å². The van der Waals surface area contributed by atoms with Gasteiger partial charge in [-0.1, -0.05) is 20.8 Å². The Bertz CT molecular complexity index is 360. The molecular weight excluding hydrogens is 190 g/mol. The van der Waals surface area contributed by atoms with Crippen LogP contribution < -0.4 is 5.32 Å². The number of nitrogens with one attached hydrogen (secondary N) is 1. The van der Waals surface area contributed by atoms with E-state index in [9.17, 15) is 4.79 Å². The Labute approximate surface area is 90.7 Å². The fourth-order valence-corrected chi connectivity index (χ4v) is 1.56. The highest BCUT2D eigenvalue weighted by Crippen LogP contribution is 2.24. The van der Waals surface area contributed by atoms with Crippen LogP contribution in [0, 0.1) is 6.92 Å². The van der Waals surface area contributed by atoms with Gasteiger partial charge in [-0.2, -0.15) is 5.10 Å². The van der Waals surface area contributed by atoms with Gasteiger partial charge in [0.1, 0.15) is 6.54 Å². The molecule has 4 nitrogen and oxygen atoms in total. The molecule has 1 N–H and O–H groups in total. The van der Waals surface area contributed by atoms with Crippen molar-refractivity contribution in [3.05, 3.63) is 17.5 Å². The van der Waals surface area contributed by atoms with E-state index in [0.29, 0.717) is 6.54 Å². The number of carbonyl (C=O) groups excluding carboxylic acids is 1. The molecule has 0 saturated heterocycles. The Morgan fingerprint density at radius 1 is 1.53 bits per heavy atom. The Hall–Kier alpha value is -1.32. The molecule has 84 valence electrons. The van der Waals surface area contributed by atoms with Gasteiger partial charge in [0, 0.05) is 12.7 Å². The summed E-state index contributed by atoms with van der Waals surface area (Å²) in [6.07, 6.45) is 1.85. The van der Waals surface area contributed by atoms with E-state index in [4.69, 9.17) is 0 Å². The Morgan fingerprint density at radius 2 is 2.13 bits per heavy atom. The maximum absolute atomic E-state index is 11.2. The predicted molar refractivity (Wildman–Crippen MR) is 59.7 cm³/mol. The van der Waals surface area contributed by atoms with E-state index in [2.05, 4.69) is 31.2 Å². The van der Waals surface area contributed by atoms with Gasteiger partial charge < -0.3 is 5.32 Å². The van der Waals surface area contributed by atoms with Crippen LogP contribution in [0.1, 0.15) is 32.0 Å². The summed E-state index contributed by atoms with van der Waals surface area (Å²) >= 11 is 0. The minimum atomic E-state index is -0.0262. The van der Waals surface area contributed by atoms with Crippen molar-refractivity contribution in [3.63, 3.8) is 0 Å². The molecule has 0 aliphatic heterocycles. The van der Waals surface area contributed by atoms with E-state index >= 15 is 0 Å². The van der Waals surface area contributed by atoms with E-state index in [1.54, 1.807) is 11.7 Å². The maximum atomic E-state index is 11.2. The van der Waals surface area contributed by atoms with Crippen LogP contribution in [0.25, 0.3) is 0 Å². The topological polar surface area (TPSA) is 46.9 Å². The average molecular weight is 209 g/mol. The van der Waals surface area contributed by atoms with Crippen molar-refractivity contribution in [2.24, 2.45) is 0 Å². The van der Waals surface area contributed by atoms with E-state index in [-0.39, 0.29) is 11.3 Å². The lowest BCUT2D eigenvalue weighted by atomic mass is 9.88. The average Bonchev–Trinajstić information content (AvgIpc) is 2.47. The molecule has 0 atom stereocenters. The monoisotopic (exact) mass is 209 g/mol. The van der Waals surface area contributed by atoms with E-state index in [0.717, 1.165) is 5.69 Å². The van der Waals surface area contributed by atoms with Crippen LogP contribution in [0.5, 0.6) is 0 Å². The summed E-state index contributed by atoms with van der Waals surface area (Å²) in [5.74, 6) is -0.0262. The van der Waals surface area contributed by atoms with Gasteiger partial charge in [0.15, 0.2) is 0 Å². The second kappa shape index (κ2) is 4.04. The van der Waals surface area contributed by atoms with Crippen LogP contribution in [0.4, 0.5) is 0 Å². The van der Waals surface area contributed by atoms with Crippen molar-refractivity contribution in [3.8, 4) is 0 Å². The maximum Gasteiger partial charge on any atom is 0.241 e. The number of carbonyl (C=O) groups is 1. The van der Waals surface area contributed by atoms with Gasteiger partial charge in [-0.05, 0) is 17.9 Å². The standard InChI is InChI=1S/C11H19N3O/c1-8-9(11(2,3)4)6-13-14(8)7-10(15)12-5/h6H,7H2,1-5H3,(H,12,15). The summed E-state index contributed by atoms with van der Waals surface area (Å²) in [4.78, 5) is 11.2. The van der Waals surface area contributed by atoms with Gasteiger partial charge in [0.25, 0.3) is 0 Å². The van der Waals surface area contributed by atoms with Gasteiger partial charge in [-0.15, -0.1) is 0 Å². The molecule has 15 heavy (non-hydrogen) atoms. The van der Waals surface area contributed by atoms with Crippen molar-refractivity contribution in [2.75, 3.05) is 7.05 Å². The molecule has 0 bridgehead atoms. The number of aromatic nitrogens is 2. The van der Waals surface area contributed by atoms with Crippen LogP contribution in [0.2, 0.25) is 0 Å². The SMILES string of the molecule is CNC(=O)Cn1ncc(C(C)(C)C)c1C. The molecule has 1 aromatic rings. The molecule has 0 spiro atoms. The molecule has 1 aromatic heterocycles. The highest BCUT2D eigenvalue weighted by Gasteiger charge is 2.20. The van der Waals surface area contributed by atoms with Crippen LogP contribution in [-0.4, -0.2) is 22.7 Å². The number of amides is 1. The first kappa shape index (κ1) is 11.8. The van der Waals surface area contributed by atoms with Gasteiger partial charge in [-0.3, -0.25) is 9.48 Å². The molecule has 1 amide bonds. The summed E-state index contributed by atoms with van der Waals surface area (Å²) in [7, 11) is 1.63. The zero-order chi connectivity index (χ0) is 11.6. The molecule has 1 rings (SSSR count). The van der Waals surface area contributed by atoms with E-state index < -0.39 is 0 Å². The second-order valence-corrected chi connectivity index (χ2v) is 4.72. The summed E-state index contributed by atoms with van der Waals surface area (Å²) in [6.45, 7) is 8.71. The smallest absolute Gasteiger partial charge is 0.241 e. The minimum Gasteiger partial charge on any atom is -0.358 e. The van der Waals surface area contributed by atoms with Crippen LogP contribution in [-0.2, 0) is 16.8 Å². The summed E-state index contributed by atoms with van der Waals surface area (Å²) in [6, 6.07) is 0. The molecule has 0 radical (unpaired) electrons. The normalized spacial score (nSPS) is 11.5.